The number of allylic oxidation sites excluding steroid dienone is 1. The molecule has 0 saturated heterocycles. The average molecular weight is 451 g/mol. The summed E-state index contributed by atoms with van der Waals surface area (Å²) in [5.41, 5.74) is 18.9. The van der Waals surface area contributed by atoms with E-state index in [1.807, 2.05) is 6.08 Å². The largest absolute Gasteiger partial charge is 0.0984 e. The van der Waals surface area contributed by atoms with E-state index in [1.54, 1.807) is 0 Å². The molecule has 0 aliphatic heterocycles. The van der Waals surface area contributed by atoms with Crippen LogP contribution in [0.3, 0.4) is 0 Å². The van der Waals surface area contributed by atoms with Crippen LogP contribution < -0.4 is 0 Å². The average Bonchev–Trinajstić information content (AvgIpc) is 3.45. The lowest BCUT2D eigenvalue weighted by Gasteiger charge is -2.19. The summed E-state index contributed by atoms with van der Waals surface area (Å²) in [6.45, 7) is 12.7. The van der Waals surface area contributed by atoms with Crippen molar-refractivity contribution < 1.29 is 0 Å². The predicted octanol–water partition coefficient (Wildman–Crippen LogP) is 9.38. The highest BCUT2D eigenvalue weighted by Gasteiger charge is 2.27. The van der Waals surface area contributed by atoms with Gasteiger partial charge in [0.15, 0.2) is 0 Å². The van der Waals surface area contributed by atoms with Crippen LogP contribution in [0.25, 0.3) is 51.6 Å². The standard InChI is InChI=1S/C35H30/c1-5-11-33-28(7-3)27(6-2)29(8-4)34-21-26-19-23(15-17-32(26)35(33)34)22-14-16-31-25(18-22)20-24-12-9-10-13-30(24)31/h5,7-19H,3-4,6,20-21H2,1-2H3/b11-5-. The fourth-order valence-electron chi connectivity index (χ4n) is 6.29. The first-order chi connectivity index (χ1) is 17.2. The first-order valence-electron chi connectivity index (χ1n) is 12.6. The summed E-state index contributed by atoms with van der Waals surface area (Å²) >= 11 is 0. The summed E-state index contributed by atoms with van der Waals surface area (Å²) in [5.74, 6) is 0. The SMILES string of the molecule is C=Cc1c(/C=C\C)c2c(c(C=C)c1CC)Cc1cc(-c3ccc4c(c3)Cc3ccccc3-4)ccc1-2. The molecule has 0 N–H and O–H groups in total. The number of benzene rings is 4. The third-order valence-corrected chi connectivity index (χ3v) is 7.80. The Balaban J connectivity index is 1.48. The Morgan fingerprint density at radius 2 is 1.37 bits per heavy atom. The Morgan fingerprint density at radius 1 is 0.714 bits per heavy atom. The van der Waals surface area contributed by atoms with Crippen molar-refractivity contribution in [1.82, 2.24) is 0 Å². The second-order valence-corrected chi connectivity index (χ2v) is 9.59. The molecule has 6 rings (SSSR count). The van der Waals surface area contributed by atoms with Crippen molar-refractivity contribution in [3.63, 3.8) is 0 Å². The van der Waals surface area contributed by atoms with Crippen molar-refractivity contribution in [1.29, 1.82) is 0 Å². The van der Waals surface area contributed by atoms with Crippen LogP contribution >= 0.6 is 0 Å². The van der Waals surface area contributed by atoms with Crippen LogP contribution in [0, 0.1) is 0 Å². The van der Waals surface area contributed by atoms with E-state index in [0.29, 0.717) is 0 Å². The molecule has 0 atom stereocenters. The van der Waals surface area contributed by atoms with Crippen LogP contribution in [0.5, 0.6) is 0 Å². The predicted molar refractivity (Wildman–Crippen MR) is 153 cm³/mol. The summed E-state index contributed by atoms with van der Waals surface area (Å²) in [6, 6.07) is 22.8. The number of fused-ring (bicyclic) bond motifs is 6. The van der Waals surface area contributed by atoms with Crippen LogP contribution in [0.4, 0.5) is 0 Å². The Labute approximate surface area is 209 Å². The van der Waals surface area contributed by atoms with Gasteiger partial charge >= 0.3 is 0 Å². The maximum atomic E-state index is 4.19. The number of hydrogen-bond donors (Lipinski definition) is 0. The van der Waals surface area contributed by atoms with E-state index in [4.69, 9.17) is 0 Å². The van der Waals surface area contributed by atoms with E-state index in [2.05, 4.69) is 106 Å². The second-order valence-electron chi connectivity index (χ2n) is 9.59. The van der Waals surface area contributed by atoms with Crippen molar-refractivity contribution in [3.05, 3.63) is 124 Å². The lowest BCUT2D eigenvalue weighted by Crippen LogP contribution is -2.01. The Hall–Kier alpha value is -3.90. The van der Waals surface area contributed by atoms with Gasteiger partial charge in [0.05, 0.1) is 0 Å². The molecule has 0 bridgehead atoms. The van der Waals surface area contributed by atoms with E-state index in [-0.39, 0.29) is 0 Å². The van der Waals surface area contributed by atoms with Crippen LogP contribution in [0.2, 0.25) is 0 Å². The molecule has 0 spiro atoms. The topological polar surface area (TPSA) is 0 Å². The molecule has 0 aromatic heterocycles. The third-order valence-electron chi connectivity index (χ3n) is 7.80. The van der Waals surface area contributed by atoms with E-state index >= 15 is 0 Å². The van der Waals surface area contributed by atoms with Gasteiger partial charge in [-0.2, -0.15) is 0 Å². The highest BCUT2D eigenvalue weighted by molar-refractivity contribution is 5.93. The van der Waals surface area contributed by atoms with Gasteiger partial charge in [-0.05, 0) is 104 Å². The molecule has 0 nitrogen and oxygen atoms in total. The first-order valence-corrected chi connectivity index (χ1v) is 12.6. The quantitative estimate of drug-likeness (QED) is 0.245. The van der Waals surface area contributed by atoms with Gasteiger partial charge in [0, 0.05) is 0 Å². The van der Waals surface area contributed by atoms with Gasteiger partial charge in [0.25, 0.3) is 0 Å². The Bertz CT molecular complexity index is 1560. The minimum atomic E-state index is 0.950. The summed E-state index contributed by atoms with van der Waals surface area (Å²) < 4.78 is 0. The van der Waals surface area contributed by atoms with Crippen molar-refractivity contribution in [2.45, 2.75) is 33.1 Å². The van der Waals surface area contributed by atoms with Gasteiger partial charge in [0.1, 0.15) is 0 Å². The van der Waals surface area contributed by atoms with E-state index in [1.165, 1.54) is 77.9 Å². The molecule has 0 heterocycles. The molecular weight excluding hydrogens is 420 g/mol. The normalized spacial score (nSPS) is 12.9. The highest BCUT2D eigenvalue weighted by atomic mass is 14.3. The summed E-state index contributed by atoms with van der Waals surface area (Å²) in [7, 11) is 0. The van der Waals surface area contributed by atoms with Gasteiger partial charge in [-0.25, -0.2) is 0 Å². The monoisotopic (exact) mass is 450 g/mol. The van der Waals surface area contributed by atoms with Crippen molar-refractivity contribution >= 4 is 18.2 Å². The molecular formula is C35H30. The molecule has 0 amide bonds. The molecule has 0 unspecified atom stereocenters. The molecule has 35 heavy (non-hydrogen) atoms. The van der Waals surface area contributed by atoms with Gasteiger partial charge in [0.2, 0.25) is 0 Å². The van der Waals surface area contributed by atoms with E-state index in [9.17, 15) is 0 Å². The fraction of sp³-hybridized carbons (Fsp3) is 0.143. The molecule has 0 radical (unpaired) electrons. The Morgan fingerprint density at radius 3 is 2.06 bits per heavy atom. The summed E-state index contributed by atoms with van der Waals surface area (Å²) in [5, 5.41) is 0. The van der Waals surface area contributed by atoms with Crippen molar-refractivity contribution in [3.8, 4) is 33.4 Å². The lowest BCUT2D eigenvalue weighted by molar-refractivity contribution is 1.10. The lowest BCUT2D eigenvalue weighted by atomic mass is 9.85. The zero-order valence-corrected chi connectivity index (χ0v) is 20.6. The minimum Gasteiger partial charge on any atom is -0.0984 e. The van der Waals surface area contributed by atoms with Gasteiger partial charge in [-0.1, -0.05) is 105 Å². The molecule has 170 valence electrons. The highest BCUT2D eigenvalue weighted by Crippen LogP contribution is 2.47. The molecule has 0 saturated carbocycles. The molecule has 0 fully saturated rings. The van der Waals surface area contributed by atoms with Gasteiger partial charge < -0.3 is 0 Å². The Kier molecular flexibility index (Phi) is 5.19. The first kappa shape index (κ1) is 21.6. The molecule has 2 aliphatic rings. The van der Waals surface area contributed by atoms with Crippen LogP contribution in [0.15, 0.2) is 79.9 Å². The third kappa shape index (κ3) is 3.21. The van der Waals surface area contributed by atoms with Crippen molar-refractivity contribution in [2.24, 2.45) is 0 Å². The van der Waals surface area contributed by atoms with E-state index < -0.39 is 0 Å². The molecule has 0 heteroatoms. The van der Waals surface area contributed by atoms with Gasteiger partial charge in [-0.3, -0.25) is 0 Å². The van der Waals surface area contributed by atoms with Gasteiger partial charge in [-0.15, -0.1) is 0 Å². The number of rotatable bonds is 5. The molecule has 4 aromatic carbocycles. The van der Waals surface area contributed by atoms with E-state index in [0.717, 1.165) is 19.3 Å². The summed E-state index contributed by atoms with van der Waals surface area (Å²) in [4.78, 5) is 0. The molecule has 4 aromatic rings. The van der Waals surface area contributed by atoms with Crippen LogP contribution in [-0.2, 0) is 19.3 Å². The minimum absolute atomic E-state index is 0.950. The maximum absolute atomic E-state index is 4.19. The van der Waals surface area contributed by atoms with Crippen LogP contribution in [-0.4, -0.2) is 0 Å². The zero-order chi connectivity index (χ0) is 24.1. The number of hydrogen-bond acceptors (Lipinski definition) is 0. The van der Waals surface area contributed by atoms with Crippen molar-refractivity contribution in [2.75, 3.05) is 0 Å². The smallest absolute Gasteiger partial charge is 0.000695 e. The maximum Gasteiger partial charge on any atom is -0.000695 e. The molecule has 2 aliphatic carbocycles. The fourth-order valence-corrected chi connectivity index (χ4v) is 6.29. The second kappa shape index (κ2) is 8.40. The zero-order valence-electron chi connectivity index (χ0n) is 20.6. The van der Waals surface area contributed by atoms with Crippen LogP contribution in [0.1, 0.15) is 58.4 Å². The summed E-state index contributed by atoms with van der Waals surface area (Å²) in [6.07, 6.45) is 11.4.